The molecule has 104 valence electrons. The van der Waals surface area contributed by atoms with Gasteiger partial charge in [-0.15, -0.1) is 0 Å². The molecule has 1 heterocycles. The van der Waals surface area contributed by atoms with Crippen molar-refractivity contribution < 1.29 is 4.79 Å². The number of nitrogens with zero attached hydrogens (tertiary/aromatic N) is 1. The molecule has 19 heavy (non-hydrogen) atoms. The summed E-state index contributed by atoms with van der Waals surface area (Å²) in [5.74, 6) is 0.0138. The molecular weight excluding hydrogens is 236 g/mol. The van der Waals surface area contributed by atoms with Crippen LogP contribution < -0.4 is 5.32 Å². The molecule has 1 aliphatic carbocycles. The first-order chi connectivity index (χ1) is 8.97. The molecule has 1 saturated carbocycles. The fraction of sp³-hybridized carbons (Fsp3) is 0.625. The minimum absolute atomic E-state index is 0.0138. The van der Waals surface area contributed by atoms with Crippen LogP contribution in [0.2, 0.25) is 0 Å². The number of nitrogens with one attached hydrogen (secondary N) is 1. The van der Waals surface area contributed by atoms with E-state index in [1.165, 1.54) is 19.3 Å². The Morgan fingerprint density at radius 2 is 1.89 bits per heavy atom. The van der Waals surface area contributed by atoms with Gasteiger partial charge in [0.05, 0.1) is 5.56 Å². The molecule has 3 heteroatoms. The predicted molar refractivity (Wildman–Crippen MR) is 77.3 cm³/mol. The quantitative estimate of drug-likeness (QED) is 0.885. The van der Waals surface area contributed by atoms with Crippen molar-refractivity contribution >= 4 is 5.91 Å². The maximum Gasteiger partial charge on any atom is 0.253 e. The third kappa shape index (κ3) is 3.79. The molecule has 3 nitrogen and oxygen atoms in total. The van der Waals surface area contributed by atoms with Gasteiger partial charge in [0.2, 0.25) is 0 Å². The van der Waals surface area contributed by atoms with Gasteiger partial charge in [-0.25, -0.2) is 0 Å². The second-order valence-corrected chi connectivity index (χ2v) is 6.49. The Morgan fingerprint density at radius 1 is 1.21 bits per heavy atom. The van der Waals surface area contributed by atoms with E-state index in [0.29, 0.717) is 11.6 Å². The molecule has 0 unspecified atom stereocenters. The van der Waals surface area contributed by atoms with Gasteiger partial charge in [-0.1, -0.05) is 40.0 Å². The minimum atomic E-state index is 0.0138. The first-order valence-corrected chi connectivity index (χ1v) is 7.24. The molecule has 0 saturated heterocycles. The lowest BCUT2D eigenvalue weighted by Gasteiger charge is -2.23. The molecule has 0 aliphatic heterocycles. The second-order valence-electron chi connectivity index (χ2n) is 6.49. The van der Waals surface area contributed by atoms with Gasteiger partial charge < -0.3 is 5.32 Å². The van der Waals surface area contributed by atoms with Crippen LogP contribution in [0.4, 0.5) is 0 Å². The molecule has 1 aromatic rings. The van der Waals surface area contributed by atoms with Gasteiger partial charge in [0, 0.05) is 23.3 Å². The van der Waals surface area contributed by atoms with Crippen LogP contribution in [0.15, 0.2) is 18.3 Å². The Balaban J connectivity index is 1.99. The number of carbonyl (C=O) groups excluding carboxylic acids is 1. The van der Waals surface area contributed by atoms with Crippen molar-refractivity contribution in [3.63, 3.8) is 0 Å². The van der Waals surface area contributed by atoms with Crippen LogP contribution in [-0.2, 0) is 5.41 Å². The van der Waals surface area contributed by atoms with Gasteiger partial charge in [0.15, 0.2) is 0 Å². The second kappa shape index (κ2) is 5.72. The standard InChI is InChI=1S/C16H24N2O/c1-16(2,3)14-10-9-12(11-17-14)15(19)18-13-7-5-4-6-8-13/h9-11,13H,4-8H2,1-3H3,(H,18,19). The van der Waals surface area contributed by atoms with Gasteiger partial charge in [0.1, 0.15) is 0 Å². The average Bonchev–Trinajstić information content (AvgIpc) is 2.39. The van der Waals surface area contributed by atoms with Gasteiger partial charge in [-0.05, 0) is 25.0 Å². The fourth-order valence-corrected chi connectivity index (χ4v) is 2.49. The zero-order chi connectivity index (χ0) is 13.9. The van der Waals surface area contributed by atoms with E-state index >= 15 is 0 Å². The highest BCUT2D eigenvalue weighted by Crippen LogP contribution is 2.20. The Labute approximate surface area is 115 Å². The molecule has 0 bridgehead atoms. The number of hydrogen-bond donors (Lipinski definition) is 1. The number of amides is 1. The Hall–Kier alpha value is -1.38. The molecule has 0 spiro atoms. The molecule has 1 aliphatic rings. The molecule has 1 amide bonds. The summed E-state index contributed by atoms with van der Waals surface area (Å²) in [6.45, 7) is 6.37. The summed E-state index contributed by atoms with van der Waals surface area (Å²) < 4.78 is 0. The van der Waals surface area contributed by atoms with Crippen molar-refractivity contribution in [2.24, 2.45) is 0 Å². The van der Waals surface area contributed by atoms with Crippen molar-refractivity contribution in [2.45, 2.75) is 64.3 Å². The van der Waals surface area contributed by atoms with Crippen LogP contribution in [0.5, 0.6) is 0 Å². The number of aromatic nitrogens is 1. The zero-order valence-corrected chi connectivity index (χ0v) is 12.2. The van der Waals surface area contributed by atoms with Crippen LogP contribution in [-0.4, -0.2) is 16.9 Å². The topological polar surface area (TPSA) is 42.0 Å². The summed E-state index contributed by atoms with van der Waals surface area (Å²) in [6.07, 6.45) is 7.67. The molecule has 0 aromatic carbocycles. The summed E-state index contributed by atoms with van der Waals surface area (Å²) in [6, 6.07) is 4.19. The van der Waals surface area contributed by atoms with E-state index in [9.17, 15) is 4.79 Å². The maximum absolute atomic E-state index is 12.1. The normalized spacial score (nSPS) is 17.2. The average molecular weight is 260 g/mol. The summed E-state index contributed by atoms with van der Waals surface area (Å²) in [7, 11) is 0. The highest BCUT2D eigenvalue weighted by atomic mass is 16.1. The largest absolute Gasteiger partial charge is 0.349 e. The van der Waals surface area contributed by atoms with Crippen LogP contribution in [0.25, 0.3) is 0 Å². The highest BCUT2D eigenvalue weighted by Gasteiger charge is 2.18. The lowest BCUT2D eigenvalue weighted by Crippen LogP contribution is -2.36. The van der Waals surface area contributed by atoms with E-state index in [0.717, 1.165) is 18.5 Å². The Morgan fingerprint density at radius 3 is 2.42 bits per heavy atom. The zero-order valence-electron chi connectivity index (χ0n) is 12.2. The number of carbonyl (C=O) groups is 1. The van der Waals surface area contributed by atoms with Gasteiger partial charge in [-0.2, -0.15) is 0 Å². The van der Waals surface area contributed by atoms with E-state index in [2.05, 4.69) is 31.1 Å². The van der Waals surface area contributed by atoms with Crippen molar-refractivity contribution in [1.82, 2.24) is 10.3 Å². The third-order valence-corrected chi connectivity index (χ3v) is 3.73. The van der Waals surface area contributed by atoms with Crippen molar-refractivity contribution in [1.29, 1.82) is 0 Å². The summed E-state index contributed by atoms with van der Waals surface area (Å²) in [5.41, 5.74) is 1.71. The highest BCUT2D eigenvalue weighted by molar-refractivity contribution is 5.94. The lowest BCUT2D eigenvalue weighted by molar-refractivity contribution is 0.0927. The van der Waals surface area contributed by atoms with Gasteiger partial charge >= 0.3 is 0 Å². The van der Waals surface area contributed by atoms with E-state index in [1.54, 1.807) is 6.20 Å². The van der Waals surface area contributed by atoms with Crippen LogP contribution in [0, 0.1) is 0 Å². The third-order valence-electron chi connectivity index (χ3n) is 3.73. The molecule has 1 fully saturated rings. The molecule has 1 N–H and O–H groups in total. The molecule has 0 radical (unpaired) electrons. The predicted octanol–water partition coefficient (Wildman–Crippen LogP) is 3.44. The van der Waals surface area contributed by atoms with Gasteiger partial charge in [0.25, 0.3) is 5.91 Å². The molecule has 0 atom stereocenters. The van der Waals surface area contributed by atoms with Crippen LogP contribution in [0.1, 0.15) is 68.9 Å². The smallest absolute Gasteiger partial charge is 0.253 e. The monoisotopic (exact) mass is 260 g/mol. The number of rotatable bonds is 2. The molecule has 2 rings (SSSR count). The summed E-state index contributed by atoms with van der Waals surface area (Å²) >= 11 is 0. The van der Waals surface area contributed by atoms with E-state index in [1.807, 2.05) is 12.1 Å². The van der Waals surface area contributed by atoms with Crippen molar-refractivity contribution in [2.75, 3.05) is 0 Å². The first-order valence-electron chi connectivity index (χ1n) is 7.24. The Kier molecular flexibility index (Phi) is 4.23. The van der Waals surface area contributed by atoms with Crippen molar-refractivity contribution in [3.8, 4) is 0 Å². The maximum atomic E-state index is 12.1. The van der Waals surface area contributed by atoms with E-state index < -0.39 is 0 Å². The first kappa shape index (κ1) is 14.0. The number of pyridine rings is 1. The van der Waals surface area contributed by atoms with Crippen LogP contribution in [0.3, 0.4) is 0 Å². The SMILES string of the molecule is CC(C)(C)c1ccc(C(=O)NC2CCCCC2)cn1. The van der Waals surface area contributed by atoms with E-state index in [-0.39, 0.29) is 11.3 Å². The van der Waals surface area contributed by atoms with Gasteiger partial charge in [-0.3, -0.25) is 9.78 Å². The fourth-order valence-electron chi connectivity index (χ4n) is 2.49. The summed E-state index contributed by atoms with van der Waals surface area (Å²) in [4.78, 5) is 16.5. The van der Waals surface area contributed by atoms with Crippen molar-refractivity contribution in [3.05, 3.63) is 29.6 Å². The van der Waals surface area contributed by atoms with E-state index in [4.69, 9.17) is 0 Å². The molecular formula is C16H24N2O. The van der Waals surface area contributed by atoms with Crippen LogP contribution >= 0.6 is 0 Å². The Bertz CT molecular complexity index is 425. The lowest BCUT2D eigenvalue weighted by atomic mass is 9.91. The number of hydrogen-bond acceptors (Lipinski definition) is 2. The summed E-state index contributed by atoms with van der Waals surface area (Å²) in [5, 5.41) is 3.11. The minimum Gasteiger partial charge on any atom is -0.349 e. The molecule has 1 aromatic heterocycles.